The zero-order chi connectivity index (χ0) is 14.0. The molecule has 0 aromatic rings. The number of rotatable bonds is 6. The Morgan fingerprint density at radius 3 is 2.28 bits per heavy atom. The zero-order valence-corrected chi connectivity index (χ0v) is 12.4. The molecule has 5 heteroatoms. The van der Waals surface area contributed by atoms with E-state index < -0.39 is 10.1 Å². The van der Waals surface area contributed by atoms with Crippen LogP contribution in [0.2, 0.25) is 0 Å². The first kappa shape index (κ1) is 17.4. The van der Waals surface area contributed by atoms with Crippen LogP contribution in [-0.4, -0.2) is 25.8 Å². The van der Waals surface area contributed by atoms with Gasteiger partial charge < -0.3 is 4.55 Å². The fourth-order valence-corrected chi connectivity index (χ4v) is 1.68. The number of allylic oxidation sites excluding steroid dienone is 2. The number of hydrogen-bond acceptors (Lipinski definition) is 3. The van der Waals surface area contributed by atoms with Crippen molar-refractivity contribution in [1.29, 1.82) is 0 Å². The molecule has 1 aliphatic heterocycles. The second-order valence-electron chi connectivity index (χ2n) is 4.50. The molecule has 18 heavy (non-hydrogen) atoms. The monoisotopic (exact) mass is 275 g/mol. The summed E-state index contributed by atoms with van der Waals surface area (Å²) in [7, 11) is -3.92. The van der Waals surface area contributed by atoms with Crippen molar-refractivity contribution in [2.24, 2.45) is 0 Å². The SMILES string of the molecule is CCCCCC[NH+]1C=CC(CC)=C1.CS(=O)(=O)[O-]. The van der Waals surface area contributed by atoms with Crippen LogP contribution in [0.3, 0.4) is 0 Å². The van der Waals surface area contributed by atoms with E-state index in [9.17, 15) is 0 Å². The highest BCUT2D eigenvalue weighted by atomic mass is 32.2. The number of hydrogen-bond donors (Lipinski definition) is 1. The summed E-state index contributed by atoms with van der Waals surface area (Å²) in [4.78, 5) is 1.54. The summed E-state index contributed by atoms with van der Waals surface area (Å²) in [5.41, 5.74) is 1.49. The maximum atomic E-state index is 9.08. The number of quaternary nitrogens is 1. The van der Waals surface area contributed by atoms with Crippen LogP contribution in [0.1, 0.15) is 46.0 Å². The Kier molecular flexibility index (Phi) is 8.97. The summed E-state index contributed by atoms with van der Waals surface area (Å²) in [5.74, 6) is 0. The van der Waals surface area contributed by atoms with Gasteiger partial charge in [-0.15, -0.1) is 0 Å². The topological polar surface area (TPSA) is 61.6 Å². The Labute approximate surface area is 111 Å². The van der Waals surface area contributed by atoms with Crippen molar-refractivity contribution in [3.63, 3.8) is 0 Å². The lowest BCUT2D eigenvalue weighted by Gasteiger charge is -2.05. The quantitative estimate of drug-likeness (QED) is 0.589. The van der Waals surface area contributed by atoms with E-state index in [4.69, 9.17) is 13.0 Å². The van der Waals surface area contributed by atoms with E-state index in [0.717, 1.165) is 0 Å². The van der Waals surface area contributed by atoms with Crippen LogP contribution in [0.15, 0.2) is 24.0 Å². The van der Waals surface area contributed by atoms with Gasteiger partial charge in [-0.3, -0.25) is 4.90 Å². The van der Waals surface area contributed by atoms with Gasteiger partial charge in [0.25, 0.3) is 0 Å². The second kappa shape index (κ2) is 9.30. The van der Waals surface area contributed by atoms with Gasteiger partial charge in [0.05, 0.1) is 22.9 Å². The third-order valence-electron chi connectivity index (χ3n) is 2.61. The molecular formula is C13H25NO3S. The fraction of sp³-hybridized carbons (Fsp3) is 0.692. The van der Waals surface area contributed by atoms with E-state index in [0.29, 0.717) is 6.26 Å². The molecule has 0 bridgehead atoms. The van der Waals surface area contributed by atoms with Crippen LogP contribution in [0.25, 0.3) is 0 Å². The molecule has 0 aromatic heterocycles. The van der Waals surface area contributed by atoms with Crippen LogP contribution >= 0.6 is 0 Å². The summed E-state index contributed by atoms with van der Waals surface area (Å²) < 4.78 is 27.2. The van der Waals surface area contributed by atoms with Crippen LogP contribution in [0.4, 0.5) is 0 Å². The summed E-state index contributed by atoms with van der Waals surface area (Å²) >= 11 is 0. The Morgan fingerprint density at radius 1 is 1.22 bits per heavy atom. The average molecular weight is 275 g/mol. The molecular weight excluding hydrogens is 250 g/mol. The summed E-state index contributed by atoms with van der Waals surface area (Å²) in [6, 6.07) is 0. The first-order chi connectivity index (χ1) is 8.36. The number of unbranched alkanes of at least 4 members (excludes halogenated alkanes) is 3. The molecule has 0 saturated heterocycles. The highest BCUT2D eigenvalue weighted by molar-refractivity contribution is 7.84. The Bertz CT molecular complexity index is 364. The predicted octanol–water partition coefficient (Wildman–Crippen LogP) is 1.43. The molecule has 1 rings (SSSR count). The van der Waals surface area contributed by atoms with Gasteiger partial charge in [0.2, 0.25) is 0 Å². The van der Waals surface area contributed by atoms with Gasteiger partial charge in [0, 0.05) is 17.9 Å². The minimum absolute atomic E-state index is 0.604. The lowest BCUT2D eigenvalue weighted by atomic mass is 10.2. The molecule has 0 amide bonds. The van der Waals surface area contributed by atoms with Crippen molar-refractivity contribution in [1.82, 2.24) is 0 Å². The van der Waals surface area contributed by atoms with Gasteiger partial charge >= 0.3 is 0 Å². The van der Waals surface area contributed by atoms with E-state index in [1.807, 2.05) is 0 Å². The van der Waals surface area contributed by atoms with E-state index in [1.54, 1.807) is 0 Å². The van der Waals surface area contributed by atoms with Crippen molar-refractivity contribution in [2.45, 2.75) is 46.0 Å². The summed E-state index contributed by atoms with van der Waals surface area (Å²) in [5, 5.41) is 0. The van der Waals surface area contributed by atoms with Crippen LogP contribution < -0.4 is 4.90 Å². The van der Waals surface area contributed by atoms with Crippen LogP contribution in [0, 0.1) is 0 Å². The van der Waals surface area contributed by atoms with E-state index >= 15 is 0 Å². The molecule has 1 aliphatic rings. The van der Waals surface area contributed by atoms with E-state index in [1.165, 1.54) is 49.1 Å². The molecule has 1 N–H and O–H groups in total. The predicted molar refractivity (Wildman–Crippen MR) is 73.1 cm³/mol. The average Bonchev–Trinajstić information content (AvgIpc) is 2.70. The standard InChI is InChI=1S/C12H21N.CH4O3S/c1-3-5-6-7-9-13-10-8-12(4-2)11-13;1-5(2,3)4/h8,10-11H,3-7,9H2,1-2H3;1H3,(H,2,3,4). The molecule has 0 aromatic carbocycles. The molecule has 0 fully saturated rings. The lowest BCUT2D eigenvalue weighted by molar-refractivity contribution is -0.788. The molecule has 1 heterocycles. The van der Waals surface area contributed by atoms with Crippen molar-refractivity contribution < 1.29 is 17.9 Å². The smallest absolute Gasteiger partial charge is 0.102 e. The third-order valence-corrected chi connectivity index (χ3v) is 2.61. The van der Waals surface area contributed by atoms with Gasteiger partial charge in [-0.1, -0.05) is 26.7 Å². The lowest BCUT2D eigenvalue weighted by Crippen LogP contribution is -3.01. The first-order valence-electron chi connectivity index (χ1n) is 6.52. The minimum Gasteiger partial charge on any atom is -0.748 e. The first-order valence-corrected chi connectivity index (χ1v) is 8.33. The van der Waals surface area contributed by atoms with Crippen LogP contribution in [0.5, 0.6) is 0 Å². The molecule has 0 spiro atoms. The molecule has 0 aliphatic carbocycles. The highest BCUT2D eigenvalue weighted by Gasteiger charge is 2.08. The summed E-state index contributed by atoms with van der Waals surface area (Å²) in [6.45, 7) is 5.76. The Hall–Kier alpha value is -0.650. The molecule has 0 saturated carbocycles. The molecule has 0 radical (unpaired) electrons. The van der Waals surface area contributed by atoms with E-state index in [-0.39, 0.29) is 0 Å². The van der Waals surface area contributed by atoms with Crippen molar-refractivity contribution >= 4 is 10.1 Å². The molecule has 106 valence electrons. The Balaban J connectivity index is 0.000000494. The van der Waals surface area contributed by atoms with Gasteiger partial charge in [-0.05, 0) is 19.3 Å². The second-order valence-corrected chi connectivity index (χ2v) is 5.90. The maximum Gasteiger partial charge on any atom is 0.102 e. The van der Waals surface area contributed by atoms with Crippen molar-refractivity contribution in [2.75, 3.05) is 12.8 Å². The van der Waals surface area contributed by atoms with E-state index in [2.05, 4.69) is 32.3 Å². The fourth-order valence-electron chi connectivity index (χ4n) is 1.68. The molecule has 1 atom stereocenters. The van der Waals surface area contributed by atoms with Crippen molar-refractivity contribution in [3.8, 4) is 0 Å². The summed E-state index contributed by atoms with van der Waals surface area (Å²) in [6.07, 6.45) is 14.2. The molecule has 4 nitrogen and oxygen atoms in total. The maximum absolute atomic E-state index is 9.08. The normalized spacial score (nSPS) is 18.2. The van der Waals surface area contributed by atoms with Gasteiger partial charge in [0.15, 0.2) is 0 Å². The van der Waals surface area contributed by atoms with Gasteiger partial charge in [-0.25, -0.2) is 8.42 Å². The molecule has 1 unspecified atom stereocenters. The Morgan fingerprint density at radius 2 is 1.83 bits per heavy atom. The zero-order valence-electron chi connectivity index (χ0n) is 11.6. The van der Waals surface area contributed by atoms with Crippen molar-refractivity contribution in [3.05, 3.63) is 24.0 Å². The third kappa shape index (κ3) is 11.8. The largest absolute Gasteiger partial charge is 0.748 e. The minimum atomic E-state index is -3.92. The van der Waals surface area contributed by atoms with Gasteiger partial charge in [0.1, 0.15) is 6.20 Å². The van der Waals surface area contributed by atoms with Crippen LogP contribution in [-0.2, 0) is 10.1 Å². The highest BCUT2D eigenvalue weighted by Crippen LogP contribution is 2.02. The number of nitrogens with one attached hydrogen (secondary N) is 1. The van der Waals surface area contributed by atoms with Gasteiger partial charge in [-0.2, -0.15) is 0 Å².